The summed E-state index contributed by atoms with van der Waals surface area (Å²) in [6, 6.07) is 0. The van der Waals surface area contributed by atoms with Crippen LogP contribution in [0.2, 0.25) is 0 Å². The Bertz CT molecular complexity index is 511. The Morgan fingerprint density at radius 3 is 2.60 bits per heavy atom. The molecule has 112 valence electrons. The molecular formula is C16H25NO2S. The predicted molar refractivity (Wildman–Crippen MR) is 84.3 cm³/mol. The minimum absolute atomic E-state index is 0.268. The highest BCUT2D eigenvalue weighted by molar-refractivity contribution is 7.16. The molecule has 0 saturated carbocycles. The van der Waals surface area contributed by atoms with Crippen LogP contribution in [-0.2, 0) is 17.6 Å². The molecule has 4 heteroatoms. The minimum atomic E-state index is -0.479. The first kappa shape index (κ1) is 15.4. The van der Waals surface area contributed by atoms with Gasteiger partial charge in [-0.15, -0.1) is 11.3 Å². The van der Waals surface area contributed by atoms with E-state index in [1.54, 1.807) is 11.3 Å². The van der Waals surface area contributed by atoms with Gasteiger partial charge in [0.25, 0.3) is 0 Å². The number of thiophene rings is 1. The van der Waals surface area contributed by atoms with Crippen molar-refractivity contribution in [1.82, 2.24) is 0 Å². The molecule has 0 saturated heterocycles. The fourth-order valence-corrected chi connectivity index (χ4v) is 3.95. The van der Waals surface area contributed by atoms with Gasteiger partial charge in [0.15, 0.2) is 0 Å². The van der Waals surface area contributed by atoms with E-state index >= 15 is 0 Å². The van der Waals surface area contributed by atoms with Crippen LogP contribution >= 0.6 is 11.3 Å². The van der Waals surface area contributed by atoms with E-state index in [0.717, 1.165) is 24.8 Å². The van der Waals surface area contributed by atoms with E-state index in [0.29, 0.717) is 22.4 Å². The maximum Gasteiger partial charge on any atom is 0.341 e. The Labute approximate surface area is 125 Å². The first-order valence-electron chi connectivity index (χ1n) is 7.32. The monoisotopic (exact) mass is 295 g/mol. The van der Waals surface area contributed by atoms with E-state index in [4.69, 9.17) is 10.5 Å². The molecule has 0 aliphatic heterocycles. The Morgan fingerprint density at radius 1 is 1.40 bits per heavy atom. The third kappa shape index (κ3) is 3.17. The lowest BCUT2D eigenvalue weighted by Gasteiger charge is -2.26. The lowest BCUT2D eigenvalue weighted by Crippen LogP contribution is -2.25. The SMILES string of the molecule is CC(C)C1CCc2c(sc(N)c2C(=O)OC(C)(C)C)C1. The predicted octanol–water partition coefficient (Wildman–Crippen LogP) is 4.05. The van der Waals surface area contributed by atoms with Crippen molar-refractivity contribution in [3.05, 3.63) is 16.0 Å². The van der Waals surface area contributed by atoms with E-state index in [9.17, 15) is 4.79 Å². The van der Waals surface area contributed by atoms with Crippen LogP contribution < -0.4 is 5.73 Å². The molecule has 1 atom stereocenters. The molecule has 0 amide bonds. The first-order chi connectivity index (χ1) is 9.19. The highest BCUT2D eigenvalue weighted by Crippen LogP contribution is 2.40. The summed E-state index contributed by atoms with van der Waals surface area (Å²) in [4.78, 5) is 13.6. The molecule has 2 rings (SSSR count). The molecule has 0 aromatic carbocycles. The molecule has 1 aromatic rings. The normalized spacial score (nSPS) is 19.0. The van der Waals surface area contributed by atoms with Gasteiger partial charge in [0.1, 0.15) is 10.6 Å². The van der Waals surface area contributed by atoms with Gasteiger partial charge in [0.05, 0.1) is 5.56 Å². The number of hydrogen-bond donors (Lipinski definition) is 1. The number of fused-ring (bicyclic) bond motifs is 1. The number of rotatable bonds is 2. The standard InChI is InChI=1S/C16H25NO2S/c1-9(2)10-6-7-11-12(8-10)20-14(17)13(11)15(18)19-16(3,4)5/h9-10H,6-8,17H2,1-5H3. The van der Waals surface area contributed by atoms with E-state index in [2.05, 4.69) is 13.8 Å². The molecule has 1 aliphatic rings. The van der Waals surface area contributed by atoms with Gasteiger partial charge in [-0.2, -0.15) is 0 Å². The minimum Gasteiger partial charge on any atom is -0.456 e. The van der Waals surface area contributed by atoms with Crippen LogP contribution in [0.4, 0.5) is 5.00 Å². The third-order valence-electron chi connectivity index (χ3n) is 3.88. The molecule has 0 bridgehead atoms. The summed E-state index contributed by atoms with van der Waals surface area (Å²) in [7, 11) is 0. The van der Waals surface area contributed by atoms with Crippen LogP contribution in [0.1, 0.15) is 61.8 Å². The zero-order chi connectivity index (χ0) is 15.1. The van der Waals surface area contributed by atoms with Crippen molar-refractivity contribution in [2.24, 2.45) is 11.8 Å². The van der Waals surface area contributed by atoms with Gasteiger partial charge in [-0.3, -0.25) is 0 Å². The van der Waals surface area contributed by atoms with Crippen molar-refractivity contribution in [2.75, 3.05) is 5.73 Å². The summed E-state index contributed by atoms with van der Waals surface area (Å²) in [6.07, 6.45) is 3.13. The van der Waals surface area contributed by atoms with Crippen LogP contribution in [-0.4, -0.2) is 11.6 Å². The van der Waals surface area contributed by atoms with Crippen molar-refractivity contribution in [3.8, 4) is 0 Å². The summed E-state index contributed by atoms with van der Waals surface area (Å²) in [5, 5.41) is 0.619. The second-order valence-corrected chi connectivity index (χ2v) is 8.13. The molecule has 1 unspecified atom stereocenters. The lowest BCUT2D eigenvalue weighted by atomic mass is 9.81. The molecule has 1 aliphatic carbocycles. The quantitative estimate of drug-likeness (QED) is 0.838. The molecule has 3 nitrogen and oxygen atoms in total. The Balaban J connectivity index is 2.27. The lowest BCUT2D eigenvalue weighted by molar-refractivity contribution is 0.00698. The number of carbonyl (C=O) groups excluding carboxylic acids is 1. The maximum atomic E-state index is 12.3. The van der Waals surface area contributed by atoms with E-state index in [-0.39, 0.29) is 5.97 Å². The summed E-state index contributed by atoms with van der Waals surface area (Å²) < 4.78 is 5.49. The molecule has 0 fully saturated rings. The Hall–Kier alpha value is -1.03. The highest BCUT2D eigenvalue weighted by atomic mass is 32.1. The number of hydrogen-bond acceptors (Lipinski definition) is 4. The van der Waals surface area contributed by atoms with E-state index in [1.807, 2.05) is 20.8 Å². The number of anilines is 1. The fraction of sp³-hybridized carbons (Fsp3) is 0.688. The van der Waals surface area contributed by atoms with Crippen molar-refractivity contribution in [1.29, 1.82) is 0 Å². The van der Waals surface area contributed by atoms with Gasteiger partial charge in [-0.05, 0) is 57.4 Å². The highest BCUT2D eigenvalue weighted by Gasteiger charge is 2.31. The van der Waals surface area contributed by atoms with Crippen molar-refractivity contribution < 1.29 is 9.53 Å². The molecule has 2 N–H and O–H groups in total. The van der Waals surface area contributed by atoms with Crippen LogP contribution in [0.15, 0.2) is 0 Å². The first-order valence-corrected chi connectivity index (χ1v) is 8.14. The number of nitrogen functional groups attached to an aromatic ring is 1. The van der Waals surface area contributed by atoms with E-state index in [1.165, 1.54) is 4.88 Å². The van der Waals surface area contributed by atoms with Crippen LogP contribution in [0.25, 0.3) is 0 Å². The Morgan fingerprint density at radius 2 is 2.05 bits per heavy atom. The second kappa shape index (κ2) is 5.40. The summed E-state index contributed by atoms with van der Waals surface area (Å²) in [5.41, 5.74) is 7.37. The van der Waals surface area contributed by atoms with E-state index < -0.39 is 5.60 Å². The van der Waals surface area contributed by atoms with Crippen molar-refractivity contribution >= 4 is 22.3 Å². The molecule has 20 heavy (non-hydrogen) atoms. The van der Waals surface area contributed by atoms with Crippen LogP contribution in [0.5, 0.6) is 0 Å². The maximum absolute atomic E-state index is 12.3. The van der Waals surface area contributed by atoms with Gasteiger partial charge in [-0.25, -0.2) is 4.79 Å². The third-order valence-corrected chi connectivity index (χ3v) is 4.96. The van der Waals surface area contributed by atoms with Gasteiger partial charge >= 0.3 is 5.97 Å². The summed E-state index contributed by atoms with van der Waals surface area (Å²) in [6.45, 7) is 10.2. The molecule has 1 heterocycles. The van der Waals surface area contributed by atoms with Gasteiger partial charge < -0.3 is 10.5 Å². The van der Waals surface area contributed by atoms with Crippen molar-refractivity contribution in [2.45, 2.75) is 59.5 Å². The second-order valence-electron chi connectivity index (χ2n) is 6.99. The summed E-state index contributed by atoms with van der Waals surface area (Å²) in [5.74, 6) is 1.11. The smallest absolute Gasteiger partial charge is 0.341 e. The molecule has 0 spiro atoms. The van der Waals surface area contributed by atoms with Gasteiger partial charge in [0.2, 0.25) is 0 Å². The number of ether oxygens (including phenoxy) is 1. The van der Waals surface area contributed by atoms with Crippen molar-refractivity contribution in [3.63, 3.8) is 0 Å². The average Bonchev–Trinajstić information content (AvgIpc) is 2.61. The molecular weight excluding hydrogens is 270 g/mol. The average molecular weight is 295 g/mol. The molecule has 0 radical (unpaired) electrons. The fourth-order valence-electron chi connectivity index (χ4n) is 2.75. The van der Waals surface area contributed by atoms with Crippen LogP contribution in [0.3, 0.4) is 0 Å². The summed E-state index contributed by atoms with van der Waals surface area (Å²) >= 11 is 1.57. The molecule has 1 aromatic heterocycles. The number of carbonyl (C=O) groups is 1. The zero-order valence-corrected chi connectivity index (χ0v) is 13.9. The number of nitrogens with two attached hydrogens (primary N) is 1. The van der Waals surface area contributed by atoms with Gasteiger partial charge in [-0.1, -0.05) is 13.8 Å². The van der Waals surface area contributed by atoms with Gasteiger partial charge in [0, 0.05) is 4.88 Å². The Kier molecular flexibility index (Phi) is 4.14. The largest absolute Gasteiger partial charge is 0.456 e. The van der Waals surface area contributed by atoms with Crippen LogP contribution in [0, 0.1) is 11.8 Å². The topological polar surface area (TPSA) is 52.3 Å². The zero-order valence-electron chi connectivity index (χ0n) is 13.1. The number of esters is 1.